The number of epoxide rings is 1. The van der Waals surface area contributed by atoms with Gasteiger partial charge in [0, 0.05) is 13.8 Å². The maximum atomic E-state index is 11.3. The van der Waals surface area contributed by atoms with Crippen LogP contribution in [0.2, 0.25) is 0 Å². The molecule has 0 amide bonds. The Morgan fingerprint density at radius 3 is 1.55 bits per heavy atom. The molecular formula is C26H24O5. The van der Waals surface area contributed by atoms with Crippen LogP contribution in [0.15, 0.2) is 78.9 Å². The number of rotatable bonds is 6. The molecule has 1 atom stereocenters. The van der Waals surface area contributed by atoms with Crippen molar-refractivity contribution in [3.05, 3.63) is 95.6 Å². The average Bonchev–Trinajstić information content (AvgIpc) is 3.46. The van der Waals surface area contributed by atoms with Crippen molar-refractivity contribution in [2.75, 3.05) is 0 Å². The van der Waals surface area contributed by atoms with Crippen LogP contribution in [-0.2, 0) is 25.5 Å². The lowest BCUT2D eigenvalue weighted by Crippen LogP contribution is -2.23. The van der Waals surface area contributed by atoms with Crippen molar-refractivity contribution in [3.8, 4) is 11.5 Å². The number of hydrogen-bond acceptors (Lipinski definition) is 5. The average molecular weight is 416 g/mol. The van der Waals surface area contributed by atoms with Crippen LogP contribution in [0.4, 0.5) is 0 Å². The van der Waals surface area contributed by atoms with Crippen LogP contribution < -0.4 is 9.47 Å². The molecule has 4 rings (SSSR count). The first kappa shape index (κ1) is 20.8. The molecule has 1 aliphatic heterocycles. The molecule has 0 saturated carbocycles. The molecule has 0 aromatic heterocycles. The molecule has 1 heterocycles. The number of carbonyl (C=O) groups excluding carboxylic acids is 2. The summed E-state index contributed by atoms with van der Waals surface area (Å²) in [6.07, 6.45) is 0.758. The minimum Gasteiger partial charge on any atom is -0.427 e. The van der Waals surface area contributed by atoms with Gasteiger partial charge in [-0.2, -0.15) is 0 Å². The number of hydrogen-bond donors (Lipinski definition) is 0. The zero-order valence-electron chi connectivity index (χ0n) is 17.8. The van der Waals surface area contributed by atoms with Crippen molar-refractivity contribution < 1.29 is 23.8 Å². The third-order valence-electron chi connectivity index (χ3n) is 5.64. The summed E-state index contributed by atoms with van der Waals surface area (Å²) in [6, 6.07) is 25.0. The Balaban J connectivity index is 1.81. The molecule has 0 radical (unpaired) electrons. The lowest BCUT2D eigenvalue weighted by molar-refractivity contribution is -0.132. The van der Waals surface area contributed by atoms with E-state index in [0.717, 1.165) is 23.1 Å². The first-order valence-electron chi connectivity index (χ1n) is 10.2. The van der Waals surface area contributed by atoms with Crippen molar-refractivity contribution in [2.24, 2.45) is 0 Å². The third-order valence-corrected chi connectivity index (χ3v) is 5.64. The predicted molar refractivity (Wildman–Crippen MR) is 116 cm³/mol. The van der Waals surface area contributed by atoms with Gasteiger partial charge >= 0.3 is 11.9 Å². The van der Waals surface area contributed by atoms with Gasteiger partial charge in [-0.1, -0.05) is 61.5 Å². The number of carbonyl (C=O) groups is 2. The van der Waals surface area contributed by atoms with E-state index in [0.29, 0.717) is 11.5 Å². The van der Waals surface area contributed by atoms with Crippen molar-refractivity contribution in [1.29, 1.82) is 0 Å². The standard InChI is InChI=1S/C26H24O5/c1-4-25(20-8-6-5-7-9-20)26(31-25,21-10-14-23(15-11-21)29-18(2)27)22-12-16-24(17-13-22)30-19(3)28/h5-17H,4H2,1-3H3. The highest BCUT2D eigenvalue weighted by Crippen LogP contribution is 2.67. The summed E-state index contributed by atoms with van der Waals surface area (Å²) >= 11 is 0. The molecule has 3 aromatic rings. The highest BCUT2D eigenvalue weighted by atomic mass is 16.6. The van der Waals surface area contributed by atoms with Crippen LogP contribution in [0, 0.1) is 0 Å². The molecule has 0 spiro atoms. The van der Waals surface area contributed by atoms with E-state index in [4.69, 9.17) is 14.2 Å². The van der Waals surface area contributed by atoms with E-state index in [1.54, 1.807) is 24.3 Å². The minimum atomic E-state index is -0.716. The van der Waals surface area contributed by atoms with Gasteiger partial charge in [-0.15, -0.1) is 0 Å². The van der Waals surface area contributed by atoms with Crippen LogP contribution in [0.25, 0.3) is 0 Å². The number of ether oxygens (including phenoxy) is 3. The lowest BCUT2D eigenvalue weighted by Gasteiger charge is -2.21. The molecule has 31 heavy (non-hydrogen) atoms. The van der Waals surface area contributed by atoms with Crippen molar-refractivity contribution in [3.63, 3.8) is 0 Å². The summed E-state index contributed by atoms with van der Waals surface area (Å²) in [5.41, 5.74) is 1.74. The SMILES string of the molecule is CCC1(c2ccccc2)OC1(c1ccc(OC(C)=O)cc1)c1ccc(OC(C)=O)cc1. The summed E-state index contributed by atoms with van der Waals surface area (Å²) in [7, 11) is 0. The molecule has 1 aliphatic rings. The zero-order chi connectivity index (χ0) is 22.1. The first-order valence-corrected chi connectivity index (χ1v) is 10.2. The molecule has 0 bridgehead atoms. The van der Waals surface area contributed by atoms with Crippen LogP contribution >= 0.6 is 0 Å². The second-order valence-corrected chi connectivity index (χ2v) is 7.57. The second-order valence-electron chi connectivity index (χ2n) is 7.57. The predicted octanol–water partition coefficient (Wildman–Crippen LogP) is 5.12. The first-order chi connectivity index (χ1) is 14.9. The molecule has 1 saturated heterocycles. The molecule has 5 nitrogen and oxygen atoms in total. The Bertz CT molecular complexity index is 1030. The molecular weight excluding hydrogens is 392 g/mol. The maximum absolute atomic E-state index is 11.3. The quantitative estimate of drug-likeness (QED) is 0.317. The van der Waals surface area contributed by atoms with E-state index in [9.17, 15) is 9.59 Å². The number of benzene rings is 3. The van der Waals surface area contributed by atoms with Gasteiger partial charge in [-0.05, 0) is 47.4 Å². The molecule has 1 fully saturated rings. The van der Waals surface area contributed by atoms with Crippen LogP contribution in [0.1, 0.15) is 43.9 Å². The molecule has 3 aromatic carbocycles. The summed E-state index contributed by atoms with van der Waals surface area (Å²) in [5, 5.41) is 0. The van der Waals surface area contributed by atoms with Gasteiger partial charge in [-0.25, -0.2) is 0 Å². The summed E-state index contributed by atoms with van der Waals surface area (Å²) in [5.74, 6) is 0.245. The second kappa shape index (κ2) is 8.00. The minimum absolute atomic E-state index is 0.363. The smallest absolute Gasteiger partial charge is 0.308 e. The lowest BCUT2D eigenvalue weighted by atomic mass is 9.76. The largest absolute Gasteiger partial charge is 0.427 e. The summed E-state index contributed by atoms with van der Waals surface area (Å²) in [6.45, 7) is 4.86. The normalized spacial score (nSPS) is 18.8. The van der Waals surface area contributed by atoms with Crippen molar-refractivity contribution in [1.82, 2.24) is 0 Å². The monoisotopic (exact) mass is 416 g/mol. The van der Waals surface area contributed by atoms with E-state index in [1.165, 1.54) is 13.8 Å². The van der Waals surface area contributed by atoms with Gasteiger partial charge in [0.1, 0.15) is 17.1 Å². The van der Waals surface area contributed by atoms with E-state index >= 15 is 0 Å². The zero-order valence-corrected chi connectivity index (χ0v) is 17.8. The molecule has 0 aliphatic carbocycles. The highest BCUT2D eigenvalue weighted by molar-refractivity contribution is 5.70. The van der Waals surface area contributed by atoms with Crippen LogP contribution in [0.5, 0.6) is 11.5 Å². The van der Waals surface area contributed by atoms with Gasteiger partial charge in [0.25, 0.3) is 0 Å². The van der Waals surface area contributed by atoms with Crippen LogP contribution in [0.3, 0.4) is 0 Å². The van der Waals surface area contributed by atoms with Crippen molar-refractivity contribution >= 4 is 11.9 Å². The third kappa shape index (κ3) is 3.62. The topological polar surface area (TPSA) is 65.1 Å². The van der Waals surface area contributed by atoms with Gasteiger partial charge < -0.3 is 14.2 Å². The Labute approximate surface area is 181 Å². The fourth-order valence-corrected chi connectivity index (χ4v) is 4.33. The molecule has 5 heteroatoms. The van der Waals surface area contributed by atoms with Crippen molar-refractivity contribution in [2.45, 2.75) is 38.4 Å². The van der Waals surface area contributed by atoms with Gasteiger partial charge in [0.15, 0.2) is 5.60 Å². The molecule has 158 valence electrons. The Kier molecular flexibility index (Phi) is 5.38. The van der Waals surface area contributed by atoms with Gasteiger partial charge in [-0.3, -0.25) is 9.59 Å². The Morgan fingerprint density at radius 1 is 0.710 bits per heavy atom. The van der Waals surface area contributed by atoms with Gasteiger partial charge in [0.05, 0.1) is 0 Å². The molecule has 0 N–H and O–H groups in total. The van der Waals surface area contributed by atoms with Gasteiger partial charge in [0.2, 0.25) is 0 Å². The fourth-order valence-electron chi connectivity index (χ4n) is 4.33. The van der Waals surface area contributed by atoms with E-state index < -0.39 is 11.2 Å². The van der Waals surface area contributed by atoms with Crippen LogP contribution in [-0.4, -0.2) is 11.9 Å². The van der Waals surface area contributed by atoms with E-state index in [-0.39, 0.29) is 11.9 Å². The summed E-state index contributed by atoms with van der Waals surface area (Å²) < 4.78 is 17.0. The Morgan fingerprint density at radius 2 is 1.16 bits per heavy atom. The molecule has 1 unspecified atom stereocenters. The number of esters is 2. The van der Waals surface area contributed by atoms with E-state index in [1.807, 2.05) is 42.5 Å². The fraction of sp³-hybridized carbons (Fsp3) is 0.231. The highest BCUT2D eigenvalue weighted by Gasteiger charge is 2.71. The van der Waals surface area contributed by atoms with E-state index in [2.05, 4.69) is 19.1 Å². The maximum Gasteiger partial charge on any atom is 0.308 e. The summed E-state index contributed by atoms with van der Waals surface area (Å²) in [4.78, 5) is 22.6. The Hall–Kier alpha value is -3.44.